The summed E-state index contributed by atoms with van der Waals surface area (Å²) in [6.45, 7) is 14.8. The molecule has 2 N–H and O–H groups in total. The van der Waals surface area contributed by atoms with Crippen molar-refractivity contribution in [1.29, 1.82) is 0 Å². The van der Waals surface area contributed by atoms with Gasteiger partial charge in [0.15, 0.2) is 5.96 Å². The summed E-state index contributed by atoms with van der Waals surface area (Å²) >= 11 is 0. The Bertz CT molecular complexity index is 361. The van der Waals surface area contributed by atoms with E-state index in [2.05, 4.69) is 60.2 Å². The summed E-state index contributed by atoms with van der Waals surface area (Å²) < 4.78 is 0. The van der Waals surface area contributed by atoms with Crippen molar-refractivity contribution in [2.45, 2.75) is 71.9 Å². The van der Waals surface area contributed by atoms with Gasteiger partial charge in [-0.2, -0.15) is 0 Å². The quantitative estimate of drug-likeness (QED) is 0.360. The third-order valence-corrected chi connectivity index (χ3v) is 5.35. The average molecular weight is 354 g/mol. The van der Waals surface area contributed by atoms with Gasteiger partial charge >= 0.3 is 0 Å². The van der Waals surface area contributed by atoms with E-state index in [0.29, 0.717) is 18.0 Å². The van der Waals surface area contributed by atoms with Crippen LogP contribution in [0.25, 0.3) is 0 Å². The minimum atomic E-state index is 0.476. The lowest BCUT2D eigenvalue weighted by atomic mass is 10.0. The monoisotopic (exact) mass is 353 g/mol. The fourth-order valence-electron chi connectivity index (χ4n) is 3.52. The number of unbranched alkanes of at least 4 members (excludes halogenated alkanes) is 3. The average Bonchev–Trinajstić information content (AvgIpc) is 2.59. The maximum atomic E-state index is 4.43. The van der Waals surface area contributed by atoms with E-state index in [1.165, 1.54) is 58.3 Å². The molecule has 0 bridgehead atoms. The lowest BCUT2D eigenvalue weighted by Crippen LogP contribution is -2.55. The van der Waals surface area contributed by atoms with E-state index in [9.17, 15) is 0 Å². The van der Waals surface area contributed by atoms with Crippen LogP contribution in [0.3, 0.4) is 0 Å². The van der Waals surface area contributed by atoms with E-state index in [-0.39, 0.29) is 0 Å². The smallest absolute Gasteiger partial charge is 0.191 e. The second kappa shape index (κ2) is 12.5. The second-order valence-corrected chi connectivity index (χ2v) is 8.00. The minimum Gasteiger partial charge on any atom is -0.355 e. The Labute approximate surface area is 156 Å². The van der Waals surface area contributed by atoms with Gasteiger partial charge in [0, 0.05) is 51.9 Å². The van der Waals surface area contributed by atoms with Gasteiger partial charge in [-0.3, -0.25) is 9.89 Å². The molecule has 0 aromatic heterocycles. The second-order valence-electron chi connectivity index (χ2n) is 8.00. The lowest BCUT2D eigenvalue weighted by molar-refractivity contribution is 0.0899. The van der Waals surface area contributed by atoms with Gasteiger partial charge < -0.3 is 15.5 Å². The number of hydrogen-bond donors (Lipinski definition) is 2. The molecule has 5 heteroatoms. The molecule has 2 unspecified atom stereocenters. The normalized spacial score (nSPS) is 19.9. The third-order valence-electron chi connectivity index (χ3n) is 5.35. The maximum absolute atomic E-state index is 4.43. The van der Waals surface area contributed by atoms with Gasteiger partial charge in [-0.1, -0.05) is 46.5 Å². The van der Waals surface area contributed by atoms with Crippen LogP contribution >= 0.6 is 0 Å². The molecule has 0 aliphatic carbocycles. The van der Waals surface area contributed by atoms with Crippen LogP contribution in [0, 0.1) is 5.92 Å². The number of aliphatic imine (C=N–C) groups is 1. The molecular formula is C20H43N5. The molecule has 1 saturated heterocycles. The Hall–Kier alpha value is -0.810. The van der Waals surface area contributed by atoms with E-state index >= 15 is 0 Å². The van der Waals surface area contributed by atoms with Crippen LogP contribution in [0.4, 0.5) is 0 Å². The zero-order valence-electron chi connectivity index (χ0n) is 17.6. The van der Waals surface area contributed by atoms with Crippen LogP contribution in [0.2, 0.25) is 0 Å². The summed E-state index contributed by atoms with van der Waals surface area (Å²) in [6, 6.07) is 1.04. The van der Waals surface area contributed by atoms with Crippen LogP contribution in [0.1, 0.15) is 59.8 Å². The highest BCUT2D eigenvalue weighted by Gasteiger charge is 2.25. The van der Waals surface area contributed by atoms with Gasteiger partial charge in [0.1, 0.15) is 0 Å². The fourth-order valence-corrected chi connectivity index (χ4v) is 3.52. The van der Waals surface area contributed by atoms with Crippen LogP contribution in [0.5, 0.6) is 0 Å². The zero-order chi connectivity index (χ0) is 18.7. The molecule has 148 valence electrons. The Morgan fingerprint density at radius 2 is 1.72 bits per heavy atom. The first-order chi connectivity index (χ1) is 12.0. The van der Waals surface area contributed by atoms with Crippen molar-refractivity contribution in [2.24, 2.45) is 10.9 Å². The van der Waals surface area contributed by atoms with Crippen LogP contribution in [0.15, 0.2) is 4.99 Å². The Morgan fingerprint density at radius 1 is 1.04 bits per heavy atom. The Morgan fingerprint density at radius 3 is 2.28 bits per heavy atom. The standard InChI is InChI=1S/C20H43N5/c1-7-8-9-10-11-18(4)23-20(21-5)22-16-19(17(2)3)25-14-12-24(6)13-15-25/h17-19H,7-16H2,1-6H3,(H2,21,22,23). The van der Waals surface area contributed by atoms with Gasteiger partial charge in [-0.15, -0.1) is 0 Å². The first-order valence-electron chi connectivity index (χ1n) is 10.4. The van der Waals surface area contributed by atoms with Crippen LogP contribution < -0.4 is 10.6 Å². The molecule has 1 aliphatic heterocycles. The number of likely N-dealkylation sites (N-methyl/N-ethyl adjacent to an activating group) is 1. The largest absolute Gasteiger partial charge is 0.355 e. The number of piperazine rings is 1. The van der Waals surface area contributed by atoms with Gasteiger partial charge in [-0.25, -0.2) is 0 Å². The first-order valence-corrected chi connectivity index (χ1v) is 10.4. The van der Waals surface area contributed by atoms with Gasteiger partial charge in [0.2, 0.25) is 0 Å². The van der Waals surface area contributed by atoms with Gasteiger partial charge in [0.25, 0.3) is 0 Å². The predicted molar refractivity (Wildman–Crippen MR) is 110 cm³/mol. The van der Waals surface area contributed by atoms with Crippen molar-refractivity contribution in [3.8, 4) is 0 Å². The molecule has 0 saturated carbocycles. The van der Waals surface area contributed by atoms with Crippen molar-refractivity contribution >= 4 is 5.96 Å². The van der Waals surface area contributed by atoms with Crippen molar-refractivity contribution in [3.05, 3.63) is 0 Å². The molecule has 1 heterocycles. The van der Waals surface area contributed by atoms with Crippen molar-refractivity contribution < 1.29 is 0 Å². The molecule has 0 aromatic rings. The molecule has 1 fully saturated rings. The summed E-state index contributed by atoms with van der Waals surface area (Å²) in [6.07, 6.45) is 6.50. The van der Waals surface area contributed by atoms with E-state index in [0.717, 1.165) is 12.5 Å². The highest BCUT2D eigenvalue weighted by Crippen LogP contribution is 2.13. The Balaban J connectivity index is 2.39. The van der Waals surface area contributed by atoms with Crippen LogP contribution in [-0.4, -0.2) is 74.7 Å². The minimum absolute atomic E-state index is 0.476. The molecule has 0 aromatic carbocycles. The molecule has 0 spiro atoms. The molecule has 0 radical (unpaired) electrons. The number of nitrogens with zero attached hydrogens (tertiary/aromatic N) is 3. The SMILES string of the molecule is CCCCCCC(C)NC(=NC)NCC(C(C)C)N1CCN(C)CC1. The van der Waals surface area contributed by atoms with E-state index < -0.39 is 0 Å². The Kier molecular flexibility index (Phi) is 11.1. The summed E-state index contributed by atoms with van der Waals surface area (Å²) in [7, 11) is 4.09. The van der Waals surface area contributed by atoms with Crippen molar-refractivity contribution in [3.63, 3.8) is 0 Å². The lowest BCUT2D eigenvalue weighted by Gasteiger charge is -2.40. The van der Waals surface area contributed by atoms with Crippen molar-refractivity contribution in [1.82, 2.24) is 20.4 Å². The first kappa shape index (κ1) is 22.2. The molecular weight excluding hydrogens is 310 g/mol. The highest BCUT2D eigenvalue weighted by atomic mass is 15.3. The number of guanidine groups is 1. The third kappa shape index (κ3) is 8.91. The summed E-state index contributed by atoms with van der Waals surface area (Å²) in [5, 5.41) is 7.14. The molecule has 25 heavy (non-hydrogen) atoms. The molecule has 2 atom stereocenters. The van der Waals surface area contributed by atoms with Crippen molar-refractivity contribution in [2.75, 3.05) is 46.8 Å². The van der Waals surface area contributed by atoms with Gasteiger partial charge in [-0.05, 0) is 26.3 Å². The maximum Gasteiger partial charge on any atom is 0.191 e. The number of rotatable bonds is 10. The fraction of sp³-hybridized carbons (Fsp3) is 0.950. The molecule has 5 nitrogen and oxygen atoms in total. The molecule has 1 rings (SSSR count). The number of nitrogens with one attached hydrogen (secondary N) is 2. The topological polar surface area (TPSA) is 42.9 Å². The highest BCUT2D eigenvalue weighted by molar-refractivity contribution is 5.79. The molecule has 1 aliphatic rings. The summed E-state index contributed by atoms with van der Waals surface area (Å²) in [5.74, 6) is 1.59. The predicted octanol–water partition coefficient (Wildman–Crippen LogP) is 2.78. The molecule has 0 amide bonds. The summed E-state index contributed by atoms with van der Waals surface area (Å²) in [5.41, 5.74) is 0. The van der Waals surface area contributed by atoms with E-state index in [1.54, 1.807) is 0 Å². The van der Waals surface area contributed by atoms with E-state index in [4.69, 9.17) is 0 Å². The number of hydrogen-bond acceptors (Lipinski definition) is 3. The summed E-state index contributed by atoms with van der Waals surface area (Å²) in [4.78, 5) is 9.49. The van der Waals surface area contributed by atoms with Gasteiger partial charge in [0.05, 0.1) is 0 Å². The van der Waals surface area contributed by atoms with Crippen LogP contribution in [-0.2, 0) is 0 Å². The van der Waals surface area contributed by atoms with E-state index in [1.807, 2.05) is 7.05 Å². The zero-order valence-corrected chi connectivity index (χ0v) is 17.6.